The quantitative estimate of drug-likeness (QED) is 0.677. The molecule has 1 heterocycles. The lowest BCUT2D eigenvalue weighted by atomic mass is 10.1. The van der Waals surface area contributed by atoms with Gasteiger partial charge in [-0.2, -0.15) is 0 Å². The molecule has 1 fully saturated rings. The van der Waals surface area contributed by atoms with Crippen LogP contribution < -0.4 is 0 Å². The van der Waals surface area contributed by atoms with E-state index in [1.807, 2.05) is 51.1 Å². The van der Waals surface area contributed by atoms with Crippen LogP contribution in [0.25, 0.3) is 0 Å². The first kappa shape index (κ1) is 20.4. The van der Waals surface area contributed by atoms with Crippen LogP contribution in [0.2, 0.25) is 0 Å². The molecule has 6 nitrogen and oxygen atoms in total. The second-order valence-corrected chi connectivity index (χ2v) is 9.24. The average Bonchev–Trinajstić information content (AvgIpc) is 2.93. The van der Waals surface area contributed by atoms with Gasteiger partial charge in [-0.05, 0) is 32.8 Å². The molecule has 2 amide bonds. The van der Waals surface area contributed by atoms with Crippen molar-refractivity contribution in [2.45, 2.75) is 52.2 Å². The van der Waals surface area contributed by atoms with Gasteiger partial charge < -0.3 is 9.80 Å². The van der Waals surface area contributed by atoms with Crippen LogP contribution in [0, 0.1) is 0 Å². The molecular weight excluding hydrogens is 352 g/mol. The molecule has 7 heteroatoms. The number of sulfone groups is 1. The van der Waals surface area contributed by atoms with Crippen molar-refractivity contribution in [2.24, 2.45) is 0 Å². The summed E-state index contributed by atoms with van der Waals surface area (Å²) in [5.41, 5.74) is 1.01. The fraction of sp³-hybridized carbons (Fsp3) is 0.579. The largest absolute Gasteiger partial charge is 0.338 e. The molecule has 1 aliphatic heterocycles. The second-order valence-electron chi connectivity index (χ2n) is 7.01. The zero-order valence-corrected chi connectivity index (χ0v) is 16.5. The summed E-state index contributed by atoms with van der Waals surface area (Å²) in [7, 11) is -3.07. The van der Waals surface area contributed by atoms with Gasteiger partial charge in [0.2, 0.25) is 11.8 Å². The Morgan fingerprint density at radius 1 is 1.15 bits per heavy atom. The van der Waals surface area contributed by atoms with Crippen molar-refractivity contribution in [2.75, 3.05) is 18.1 Å². The zero-order valence-electron chi connectivity index (χ0n) is 15.7. The van der Waals surface area contributed by atoms with E-state index >= 15 is 0 Å². The number of benzene rings is 1. The molecule has 0 N–H and O–H groups in total. The first-order valence-electron chi connectivity index (χ1n) is 9.06. The van der Waals surface area contributed by atoms with Crippen LogP contribution in [0.5, 0.6) is 0 Å². The Kier molecular flexibility index (Phi) is 6.81. The molecule has 1 unspecified atom stereocenters. The van der Waals surface area contributed by atoms with Crippen LogP contribution in [0.1, 0.15) is 39.2 Å². The highest BCUT2D eigenvalue weighted by Crippen LogP contribution is 2.19. The van der Waals surface area contributed by atoms with Gasteiger partial charge in [-0.1, -0.05) is 30.3 Å². The molecule has 1 aromatic rings. The number of nitrogens with zero attached hydrogens (tertiary/aromatic N) is 2. The lowest BCUT2D eigenvalue weighted by molar-refractivity contribution is -0.142. The van der Waals surface area contributed by atoms with Gasteiger partial charge in [0.15, 0.2) is 9.84 Å². The normalized spacial score (nSPS) is 18.7. The van der Waals surface area contributed by atoms with Crippen molar-refractivity contribution in [1.29, 1.82) is 0 Å². The number of rotatable bonds is 7. The number of carbonyl (C=O) groups is 2. The summed E-state index contributed by atoms with van der Waals surface area (Å²) in [6.45, 7) is 6.53. The topological polar surface area (TPSA) is 74.8 Å². The van der Waals surface area contributed by atoms with E-state index in [1.54, 1.807) is 9.80 Å². The molecule has 26 heavy (non-hydrogen) atoms. The van der Waals surface area contributed by atoms with Crippen LogP contribution in [0.4, 0.5) is 0 Å². The van der Waals surface area contributed by atoms with E-state index in [-0.39, 0.29) is 41.8 Å². The molecule has 1 aromatic carbocycles. The first-order chi connectivity index (χ1) is 12.2. The van der Waals surface area contributed by atoms with E-state index in [1.165, 1.54) is 0 Å². The molecule has 2 rings (SSSR count). The third kappa shape index (κ3) is 5.30. The summed E-state index contributed by atoms with van der Waals surface area (Å²) < 4.78 is 23.4. The molecular formula is C19H28N2O4S. The molecule has 0 aromatic heterocycles. The summed E-state index contributed by atoms with van der Waals surface area (Å²) >= 11 is 0. The van der Waals surface area contributed by atoms with E-state index in [0.717, 1.165) is 5.56 Å². The summed E-state index contributed by atoms with van der Waals surface area (Å²) in [6.07, 6.45) is 0.226. The van der Waals surface area contributed by atoms with Crippen molar-refractivity contribution in [3.8, 4) is 0 Å². The standard InChI is InChI=1S/C19H28N2O4S/c1-4-20(17-10-11-26(24,25)14-17)18(22)12-19(23)21(15(2)3)13-16-8-6-5-7-9-16/h5-9,15,17H,4,10-14H2,1-3H3. The van der Waals surface area contributed by atoms with E-state index in [4.69, 9.17) is 0 Å². The average molecular weight is 381 g/mol. The SMILES string of the molecule is CCN(C(=O)CC(=O)N(Cc1ccccc1)C(C)C)C1CCS(=O)(=O)C1. The smallest absolute Gasteiger partial charge is 0.232 e. The van der Waals surface area contributed by atoms with Crippen molar-refractivity contribution in [3.63, 3.8) is 0 Å². The lowest BCUT2D eigenvalue weighted by Crippen LogP contribution is -2.44. The van der Waals surface area contributed by atoms with Crippen LogP contribution in [-0.2, 0) is 26.0 Å². The minimum Gasteiger partial charge on any atom is -0.338 e. The Morgan fingerprint density at radius 3 is 2.31 bits per heavy atom. The highest BCUT2D eigenvalue weighted by molar-refractivity contribution is 7.91. The molecule has 1 aliphatic rings. The van der Waals surface area contributed by atoms with Gasteiger partial charge in [0.05, 0.1) is 11.5 Å². The zero-order chi connectivity index (χ0) is 19.3. The van der Waals surface area contributed by atoms with E-state index in [0.29, 0.717) is 19.5 Å². The Balaban J connectivity index is 2.03. The maximum atomic E-state index is 12.7. The van der Waals surface area contributed by atoms with Gasteiger partial charge in [0, 0.05) is 25.2 Å². The maximum Gasteiger partial charge on any atom is 0.232 e. The van der Waals surface area contributed by atoms with Gasteiger partial charge in [0.1, 0.15) is 6.42 Å². The third-order valence-electron chi connectivity index (χ3n) is 4.75. The minimum atomic E-state index is -3.07. The summed E-state index contributed by atoms with van der Waals surface area (Å²) in [6, 6.07) is 9.32. The Morgan fingerprint density at radius 2 is 1.81 bits per heavy atom. The Hall–Kier alpha value is -1.89. The van der Waals surface area contributed by atoms with Crippen LogP contribution in [-0.4, -0.2) is 60.2 Å². The molecule has 0 radical (unpaired) electrons. The second kappa shape index (κ2) is 8.66. The van der Waals surface area contributed by atoms with Crippen molar-refractivity contribution < 1.29 is 18.0 Å². The highest BCUT2D eigenvalue weighted by Gasteiger charge is 2.34. The highest BCUT2D eigenvalue weighted by atomic mass is 32.2. The summed E-state index contributed by atoms with van der Waals surface area (Å²) in [4.78, 5) is 28.6. The fourth-order valence-corrected chi connectivity index (χ4v) is 5.06. The number of carbonyl (C=O) groups excluding carboxylic acids is 2. The molecule has 0 aliphatic carbocycles. The third-order valence-corrected chi connectivity index (χ3v) is 6.50. The lowest BCUT2D eigenvalue weighted by Gasteiger charge is -2.30. The van der Waals surface area contributed by atoms with Crippen LogP contribution >= 0.6 is 0 Å². The molecule has 1 saturated heterocycles. The Bertz CT molecular complexity index is 731. The molecule has 0 bridgehead atoms. The van der Waals surface area contributed by atoms with Crippen molar-refractivity contribution in [3.05, 3.63) is 35.9 Å². The molecule has 0 saturated carbocycles. The van der Waals surface area contributed by atoms with Gasteiger partial charge >= 0.3 is 0 Å². The van der Waals surface area contributed by atoms with Crippen molar-refractivity contribution >= 4 is 21.7 Å². The van der Waals surface area contributed by atoms with Gasteiger partial charge in [-0.25, -0.2) is 8.42 Å². The number of amides is 2. The monoisotopic (exact) mass is 380 g/mol. The van der Waals surface area contributed by atoms with Gasteiger partial charge in [0.25, 0.3) is 0 Å². The van der Waals surface area contributed by atoms with Crippen LogP contribution in [0.15, 0.2) is 30.3 Å². The number of hydrogen-bond acceptors (Lipinski definition) is 4. The summed E-state index contributed by atoms with van der Waals surface area (Å²) in [5, 5.41) is 0. The number of hydrogen-bond donors (Lipinski definition) is 0. The van der Waals surface area contributed by atoms with Gasteiger partial charge in [-0.15, -0.1) is 0 Å². The minimum absolute atomic E-state index is 0.00131. The molecule has 144 valence electrons. The van der Waals surface area contributed by atoms with Crippen molar-refractivity contribution in [1.82, 2.24) is 9.80 Å². The molecule has 0 spiro atoms. The Labute approximate surface area is 156 Å². The fourth-order valence-electron chi connectivity index (χ4n) is 3.33. The first-order valence-corrected chi connectivity index (χ1v) is 10.9. The van der Waals surface area contributed by atoms with E-state index in [2.05, 4.69) is 0 Å². The summed E-state index contributed by atoms with van der Waals surface area (Å²) in [5.74, 6) is -0.410. The van der Waals surface area contributed by atoms with Gasteiger partial charge in [-0.3, -0.25) is 9.59 Å². The molecule has 1 atom stereocenters. The predicted molar refractivity (Wildman–Crippen MR) is 101 cm³/mol. The maximum absolute atomic E-state index is 12.7. The predicted octanol–water partition coefficient (Wildman–Crippen LogP) is 1.85. The van der Waals surface area contributed by atoms with Crippen LogP contribution in [0.3, 0.4) is 0 Å². The van der Waals surface area contributed by atoms with E-state index in [9.17, 15) is 18.0 Å². The van der Waals surface area contributed by atoms with E-state index < -0.39 is 9.84 Å².